The molecule has 0 amide bonds. The number of aryl methyl sites for hydroxylation is 2. The van der Waals surface area contributed by atoms with Crippen molar-refractivity contribution < 1.29 is 19.5 Å². The molecule has 6 aromatic rings. The van der Waals surface area contributed by atoms with Crippen LogP contribution in [0.4, 0.5) is 11.8 Å². The van der Waals surface area contributed by atoms with Crippen LogP contribution in [0.5, 0.6) is 0 Å². The lowest BCUT2D eigenvalue weighted by atomic mass is 9.91. The molecule has 14 nitrogen and oxygen atoms in total. The highest BCUT2D eigenvalue weighted by Crippen LogP contribution is 2.40. The lowest BCUT2D eigenvalue weighted by Gasteiger charge is -2.20. The summed E-state index contributed by atoms with van der Waals surface area (Å²) in [6.45, 7) is 2.73. The third-order valence-corrected chi connectivity index (χ3v) is 8.02. The van der Waals surface area contributed by atoms with E-state index >= 15 is 0 Å². The summed E-state index contributed by atoms with van der Waals surface area (Å²) in [5, 5.41) is 32.6. The van der Waals surface area contributed by atoms with Gasteiger partial charge >= 0.3 is 0 Å². The van der Waals surface area contributed by atoms with Gasteiger partial charge in [0.15, 0.2) is 35.1 Å². The summed E-state index contributed by atoms with van der Waals surface area (Å²) in [4.78, 5) is 22.8. The molecule has 0 aliphatic carbocycles. The molecule has 1 aliphatic rings. The molecule has 236 valence electrons. The van der Waals surface area contributed by atoms with Crippen LogP contribution in [0, 0.1) is 6.92 Å². The number of hydrogen-bond donors (Lipinski definition) is 4. The summed E-state index contributed by atoms with van der Waals surface area (Å²) in [7, 11) is 1.93. The van der Waals surface area contributed by atoms with Crippen LogP contribution >= 0.6 is 0 Å². The van der Waals surface area contributed by atoms with Gasteiger partial charge in [-0.1, -0.05) is 65.8 Å². The Hall–Kier alpha value is -5.18. The molecular formula is C32H34N10O4. The van der Waals surface area contributed by atoms with Crippen LogP contribution in [0.25, 0.3) is 11.2 Å². The zero-order valence-electron chi connectivity index (χ0n) is 25.3. The lowest BCUT2D eigenvalue weighted by molar-refractivity contribution is -0.0451. The van der Waals surface area contributed by atoms with Gasteiger partial charge in [-0.3, -0.25) is 4.57 Å². The molecule has 14 heteroatoms. The fourth-order valence-electron chi connectivity index (χ4n) is 5.72. The largest absolute Gasteiger partial charge is 0.387 e. The van der Waals surface area contributed by atoms with Gasteiger partial charge in [-0.2, -0.15) is 15.0 Å². The fourth-order valence-corrected chi connectivity index (χ4v) is 5.72. The molecule has 0 spiro atoms. The van der Waals surface area contributed by atoms with Crippen molar-refractivity contribution in [3.63, 3.8) is 0 Å². The van der Waals surface area contributed by atoms with E-state index in [2.05, 4.69) is 55.0 Å². The molecule has 0 bridgehead atoms. The molecule has 4 atom stereocenters. The van der Waals surface area contributed by atoms with E-state index < -0.39 is 24.5 Å². The first-order valence-electron chi connectivity index (χ1n) is 15.1. The van der Waals surface area contributed by atoms with Crippen molar-refractivity contribution in [1.29, 1.82) is 0 Å². The molecule has 2 aromatic carbocycles. The van der Waals surface area contributed by atoms with E-state index in [4.69, 9.17) is 19.2 Å². The average molecular weight is 623 g/mol. The van der Waals surface area contributed by atoms with Gasteiger partial charge in [0.25, 0.3) is 5.89 Å². The van der Waals surface area contributed by atoms with Crippen molar-refractivity contribution in [1.82, 2.24) is 39.2 Å². The van der Waals surface area contributed by atoms with E-state index in [9.17, 15) is 10.2 Å². The summed E-state index contributed by atoms with van der Waals surface area (Å²) in [5.74, 6) is 1.38. The van der Waals surface area contributed by atoms with Gasteiger partial charge in [0.05, 0.1) is 18.3 Å². The van der Waals surface area contributed by atoms with Crippen molar-refractivity contribution >= 4 is 22.9 Å². The van der Waals surface area contributed by atoms with Crippen LogP contribution < -0.4 is 10.6 Å². The number of hydrogen-bond acceptors (Lipinski definition) is 12. The standard InChI is InChI=1S/C32H34N10O4/c1-19-37-30(46-40-19)27-25(43)26(44)31(45-27)42-18-36-24-28(38-32(39-29(24)42)33-14-13-22-16-41(2)17-35-22)34-15-23(20-9-5-3-6-10-20)21-11-7-4-8-12-21/h3-12,16-18,23,25-27,31,43-44H,13-15H2,1-2H3,(H2,33,34,38,39)/t25-,26+,27-,31+/m0/s1. The molecule has 0 radical (unpaired) electrons. The maximum Gasteiger partial charge on any atom is 0.258 e. The molecule has 1 fully saturated rings. The van der Waals surface area contributed by atoms with Crippen molar-refractivity contribution in [3.05, 3.63) is 108 Å². The number of nitrogens with zero attached hydrogens (tertiary/aromatic N) is 8. The molecule has 0 saturated carbocycles. The SMILES string of the molecule is Cc1noc([C@H]2O[C@@H](n3cnc4c(NCC(c5ccccc5)c5ccccc5)nc(NCCc5cn(C)cn5)nc43)[C@H](O)[C@@H]2O)n1. The maximum atomic E-state index is 11.1. The zero-order chi connectivity index (χ0) is 31.6. The van der Waals surface area contributed by atoms with Gasteiger partial charge in [0.1, 0.15) is 12.2 Å². The Morgan fingerprint density at radius 3 is 2.28 bits per heavy atom. The minimum atomic E-state index is -1.32. The monoisotopic (exact) mass is 622 g/mol. The second-order valence-corrected chi connectivity index (χ2v) is 11.3. The molecule has 4 aromatic heterocycles. The lowest BCUT2D eigenvalue weighted by Crippen LogP contribution is -2.29. The summed E-state index contributed by atoms with van der Waals surface area (Å²) >= 11 is 0. The highest BCUT2D eigenvalue weighted by Gasteiger charge is 2.47. The normalized spacial score (nSPS) is 19.7. The number of nitrogens with one attached hydrogen (secondary N) is 2. The highest BCUT2D eigenvalue weighted by molar-refractivity contribution is 5.84. The number of imidazole rings is 2. The van der Waals surface area contributed by atoms with E-state index in [-0.39, 0.29) is 11.8 Å². The predicted molar refractivity (Wildman–Crippen MR) is 168 cm³/mol. The second-order valence-electron chi connectivity index (χ2n) is 11.3. The first-order chi connectivity index (χ1) is 22.4. The Kier molecular flexibility index (Phi) is 8.13. The van der Waals surface area contributed by atoms with Crippen LogP contribution in [0.15, 0.2) is 84.0 Å². The molecule has 0 unspecified atom stereocenters. The Balaban J connectivity index is 1.21. The molecule has 1 aliphatic heterocycles. The minimum Gasteiger partial charge on any atom is -0.387 e. The van der Waals surface area contributed by atoms with E-state index in [1.54, 1.807) is 17.8 Å². The van der Waals surface area contributed by atoms with Gasteiger partial charge < -0.3 is 34.7 Å². The van der Waals surface area contributed by atoms with Crippen molar-refractivity contribution in [2.45, 2.75) is 43.8 Å². The molecular weight excluding hydrogens is 588 g/mol. The first kappa shape index (κ1) is 29.5. The predicted octanol–water partition coefficient (Wildman–Crippen LogP) is 3.14. The Morgan fingerprint density at radius 1 is 0.891 bits per heavy atom. The third kappa shape index (κ3) is 5.92. The van der Waals surface area contributed by atoms with Crippen LogP contribution in [-0.4, -0.2) is 74.7 Å². The molecule has 5 heterocycles. The van der Waals surface area contributed by atoms with Crippen LogP contribution in [0.3, 0.4) is 0 Å². The number of ether oxygens (including phenoxy) is 1. The summed E-state index contributed by atoms with van der Waals surface area (Å²) < 4.78 is 14.8. The fraction of sp³-hybridized carbons (Fsp3) is 0.312. The zero-order valence-corrected chi connectivity index (χ0v) is 25.3. The molecule has 7 rings (SSSR count). The third-order valence-electron chi connectivity index (χ3n) is 8.02. The molecule has 1 saturated heterocycles. The van der Waals surface area contributed by atoms with Crippen LogP contribution in [0.1, 0.15) is 46.8 Å². The second kappa shape index (κ2) is 12.7. The number of aliphatic hydroxyl groups excluding tert-OH is 2. The van der Waals surface area contributed by atoms with Crippen LogP contribution in [0.2, 0.25) is 0 Å². The van der Waals surface area contributed by atoms with E-state index in [0.717, 1.165) is 16.8 Å². The average Bonchev–Trinajstić information content (AvgIpc) is 3.86. The van der Waals surface area contributed by atoms with E-state index in [1.807, 2.05) is 54.2 Å². The first-order valence-corrected chi connectivity index (χ1v) is 15.1. The van der Waals surface area contributed by atoms with Crippen molar-refractivity contribution in [2.24, 2.45) is 7.05 Å². The van der Waals surface area contributed by atoms with Gasteiger partial charge in [-0.25, -0.2) is 9.97 Å². The number of aromatic nitrogens is 8. The van der Waals surface area contributed by atoms with E-state index in [1.165, 1.54) is 6.33 Å². The smallest absolute Gasteiger partial charge is 0.258 e. The summed E-state index contributed by atoms with van der Waals surface area (Å²) in [5.41, 5.74) is 4.14. The van der Waals surface area contributed by atoms with Gasteiger partial charge in [0.2, 0.25) is 5.95 Å². The number of anilines is 2. The van der Waals surface area contributed by atoms with Crippen LogP contribution in [-0.2, 0) is 18.2 Å². The summed E-state index contributed by atoms with van der Waals surface area (Å²) in [6, 6.07) is 20.6. The topological polar surface area (TPSA) is 174 Å². The molecule has 4 N–H and O–H groups in total. The number of fused-ring (bicyclic) bond motifs is 1. The van der Waals surface area contributed by atoms with Gasteiger partial charge in [0, 0.05) is 38.7 Å². The number of aliphatic hydroxyl groups is 2. The van der Waals surface area contributed by atoms with Gasteiger partial charge in [-0.15, -0.1) is 0 Å². The Morgan fingerprint density at radius 2 is 1.63 bits per heavy atom. The molecule has 46 heavy (non-hydrogen) atoms. The number of benzene rings is 2. The summed E-state index contributed by atoms with van der Waals surface area (Å²) in [6.07, 6.45) is 1.24. The maximum absolute atomic E-state index is 11.1. The van der Waals surface area contributed by atoms with Gasteiger partial charge in [-0.05, 0) is 18.1 Å². The minimum absolute atomic E-state index is 0.0313. The van der Waals surface area contributed by atoms with Crippen molar-refractivity contribution in [3.8, 4) is 0 Å². The quantitative estimate of drug-likeness (QED) is 0.166. The Bertz CT molecular complexity index is 1870. The number of rotatable bonds is 11. The highest BCUT2D eigenvalue weighted by atomic mass is 16.6. The van der Waals surface area contributed by atoms with E-state index in [0.29, 0.717) is 48.3 Å². The Labute approximate surface area is 264 Å². The van der Waals surface area contributed by atoms with Crippen molar-refractivity contribution in [2.75, 3.05) is 23.7 Å².